The molecule has 6 heteroatoms. The van der Waals surface area contributed by atoms with E-state index in [2.05, 4.69) is 46.9 Å². The number of hydrogen-bond acceptors (Lipinski definition) is 5. The fourth-order valence-electron chi connectivity index (χ4n) is 6.47. The molecule has 2 aromatic rings. The van der Waals surface area contributed by atoms with Crippen LogP contribution in [0, 0.1) is 11.3 Å². The number of methoxy groups -OCH3 is 1. The second-order valence-electron chi connectivity index (χ2n) is 8.81. The summed E-state index contributed by atoms with van der Waals surface area (Å²) in [4.78, 5) is 27.6. The predicted octanol–water partition coefficient (Wildman–Crippen LogP) is 3.15. The number of ether oxygens (including phenoxy) is 2. The van der Waals surface area contributed by atoms with Gasteiger partial charge in [-0.3, -0.25) is 14.5 Å². The molecule has 1 aromatic carbocycles. The molecule has 0 amide bonds. The van der Waals surface area contributed by atoms with Crippen molar-refractivity contribution in [1.82, 2.24) is 9.47 Å². The summed E-state index contributed by atoms with van der Waals surface area (Å²) in [7, 11) is 3.59. The SMILES string of the molecule is C/C=C1/CN2[C@H]3Cc4c(n(C)c5ccccc45)[C@@H]2C[C@@H]1[C@@]3(COC(C)=O)C(=O)OC. The lowest BCUT2D eigenvalue weighted by Crippen LogP contribution is -2.70. The second kappa shape index (κ2) is 6.71. The number of fused-ring (bicyclic) bond motifs is 4. The Morgan fingerprint density at radius 1 is 1.30 bits per heavy atom. The number of carbonyl (C=O) groups is 2. The van der Waals surface area contributed by atoms with Gasteiger partial charge in [0, 0.05) is 49.1 Å². The van der Waals surface area contributed by atoms with Crippen LogP contribution in [0.5, 0.6) is 0 Å². The van der Waals surface area contributed by atoms with Crippen LogP contribution in [-0.4, -0.2) is 47.7 Å². The van der Waals surface area contributed by atoms with E-state index in [0.29, 0.717) is 0 Å². The number of allylic oxidation sites excluding steroid dienone is 1. The summed E-state index contributed by atoms with van der Waals surface area (Å²) in [5.41, 5.74) is 4.26. The Morgan fingerprint density at radius 2 is 2.07 bits per heavy atom. The Balaban J connectivity index is 1.72. The molecule has 0 saturated carbocycles. The minimum atomic E-state index is -0.883. The van der Waals surface area contributed by atoms with Crippen LogP contribution in [0.2, 0.25) is 0 Å². The van der Waals surface area contributed by atoms with Crippen molar-refractivity contribution in [2.75, 3.05) is 20.3 Å². The van der Waals surface area contributed by atoms with Crippen molar-refractivity contribution < 1.29 is 19.1 Å². The van der Waals surface area contributed by atoms with Crippen LogP contribution >= 0.6 is 0 Å². The molecule has 0 radical (unpaired) electrons. The van der Waals surface area contributed by atoms with E-state index in [0.717, 1.165) is 19.4 Å². The molecule has 5 atom stereocenters. The largest absolute Gasteiger partial charge is 0.468 e. The van der Waals surface area contributed by atoms with Crippen LogP contribution in [-0.2, 0) is 32.5 Å². The Hall–Kier alpha value is -2.60. The summed E-state index contributed by atoms with van der Waals surface area (Å²) in [6, 6.07) is 8.67. The van der Waals surface area contributed by atoms with Crippen molar-refractivity contribution in [2.24, 2.45) is 18.4 Å². The number of piperidine rings is 3. The first-order chi connectivity index (χ1) is 14.4. The highest BCUT2D eigenvalue weighted by Crippen LogP contribution is 2.60. The van der Waals surface area contributed by atoms with Gasteiger partial charge in [-0.05, 0) is 31.4 Å². The van der Waals surface area contributed by atoms with E-state index in [1.54, 1.807) is 0 Å². The highest BCUT2D eigenvalue weighted by atomic mass is 16.5. The topological polar surface area (TPSA) is 60.8 Å². The molecule has 4 aliphatic rings. The molecular formula is C24H28N2O4. The molecule has 3 saturated heterocycles. The van der Waals surface area contributed by atoms with Crippen molar-refractivity contribution in [1.29, 1.82) is 0 Å². The molecule has 6 nitrogen and oxygen atoms in total. The highest BCUT2D eigenvalue weighted by Gasteiger charge is 2.65. The van der Waals surface area contributed by atoms with Crippen molar-refractivity contribution in [3.63, 3.8) is 0 Å². The molecule has 6 rings (SSSR count). The van der Waals surface area contributed by atoms with E-state index >= 15 is 0 Å². The zero-order chi connectivity index (χ0) is 21.2. The van der Waals surface area contributed by atoms with Gasteiger partial charge in [-0.25, -0.2) is 0 Å². The molecule has 4 bridgehead atoms. The number of esters is 2. The Morgan fingerprint density at radius 3 is 2.77 bits per heavy atom. The number of para-hydroxylation sites is 1. The van der Waals surface area contributed by atoms with Crippen LogP contribution in [0.1, 0.15) is 37.6 Å². The first kappa shape index (κ1) is 19.4. The predicted molar refractivity (Wildman–Crippen MR) is 113 cm³/mol. The molecule has 30 heavy (non-hydrogen) atoms. The standard InChI is InChI=1S/C24H28N2O4/c1-5-15-12-26-20-11-18(15)24(23(28)29-4,13-30-14(2)27)21(26)10-17-16-8-6-7-9-19(16)25(3)22(17)20/h5-9,18,20-21H,10-13H2,1-4H3/b15-5-/t18-,20-,21-,24+/m0/s1. The highest BCUT2D eigenvalue weighted by molar-refractivity contribution is 5.87. The minimum Gasteiger partial charge on any atom is -0.468 e. The number of aromatic nitrogens is 1. The van der Waals surface area contributed by atoms with E-state index in [4.69, 9.17) is 9.47 Å². The maximum Gasteiger partial charge on any atom is 0.317 e. The average Bonchev–Trinajstić information content (AvgIpc) is 3.04. The third-order valence-electron chi connectivity index (χ3n) is 7.71. The number of aryl methyl sites for hydroxylation is 1. The van der Waals surface area contributed by atoms with Crippen LogP contribution < -0.4 is 0 Å². The van der Waals surface area contributed by atoms with Gasteiger partial charge in [0.1, 0.15) is 12.0 Å². The van der Waals surface area contributed by atoms with E-state index in [-0.39, 0.29) is 36.5 Å². The van der Waals surface area contributed by atoms with E-state index in [9.17, 15) is 9.59 Å². The fraction of sp³-hybridized carbons (Fsp3) is 0.500. The Labute approximate surface area is 176 Å². The lowest BCUT2D eigenvalue weighted by Gasteiger charge is -2.62. The fourth-order valence-corrected chi connectivity index (χ4v) is 6.47. The molecular weight excluding hydrogens is 380 g/mol. The van der Waals surface area contributed by atoms with Crippen molar-refractivity contribution >= 4 is 22.8 Å². The van der Waals surface area contributed by atoms with Gasteiger partial charge < -0.3 is 14.0 Å². The van der Waals surface area contributed by atoms with Gasteiger partial charge in [-0.15, -0.1) is 0 Å². The van der Waals surface area contributed by atoms with Crippen LogP contribution in [0.4, 0.5) is 0 Å². The zero-order valence-electron chi connectivity index (χ0n) is 18.0. The molecule has 0 N–H and O–H groups in total. The van der Waals surface area contributed by atoms with Crippen LogP contribution in [0.3, 0.4) is 0 Å². The zero-order valence-corrected chi connectivity index (χ0v) is 18.0. The van der Waals surface area contributed by atoms with Gasteiger partial charge in [-0.2, -0.15) is 0 Å². The van der Waals surface area contributed by atoms with E-state index in [1.165, 1.54) is 41.8 Å². The number of benzene rings is 1. The molecule has 3 fully saturated rings. The molecule has 158 valence electrons. The Bertz CT molecular complexity index is 1080. The van der Waals surface area contributed by atoms with Gasteiger partial charge in [0.05, 0.1) is 13.2 Å². The molecule has 4 aliphatic heterocycles. The third-order valence-corrected chi connectivity index (χ3v) is 7.71. The van der Waals surface area contributed by atoms with Gasteiger partial charge >= 0.3 is 11.9 Å². The Kier molecular flexibility index (Phi) is 4.33. The third kappa shape index (κ3) is 2.34. The number of nitrogens with zero attached hydrogens (tertiary/aromatic N) is 2. The normalized spacial score (nSPS) is 32.9. The summed E-state index contributed by atoms with van der Waals surface area (Å²) < 4.78 is 13.2. The number of carbonyl (C=O) groups excluding carboxylic acids is 2. The molecule has 5 heterocycles. The average molecular weight is 408 g/mol. The first-order valence-electron chi connectivity index (χ1n) is 10.6. The van der Waals surface area contributed by atoms with Crippen molar-refractivity contribution in [3.8, 4) is 0 Å². The summed E-state index contributed by atoms with van der Waals surface area (Å²) in [5, 5.41) is 1.25. The van der Waals surface area contributed by atoms with Gasteiger partial charge in [0.15, 0.2) is 0 Å². The minimum absolute atomic E-state index is 0.000428. The second-order valence-corrected chi connectivity index (χ2v) is 8.81. The molecule has 0 aliphatic carbocycles. The van der Waals surface area contributed by atoms with Gasteiger partial charge in [-0.1, -0.05) is 29.8 Å². The maximum absolute atomic E-state index is 13.4. The van der Waals surface area contributed by atoms with E-state index < -0.39 is 5.41 Å². The first-order valence-corrected chi connectivity index (χ1v) is 10.6. The quantitative estimate of drug-likeness (QED) is 0.577. The smallest absolute Gasteiger partial charge is 0.317 e. The van der Waals surface area contributed by atoms with E-state index in [1.807, 2.05) is 6.92 Å². The van der Waals surface area contributed by atoms with Crippen molar-refractivity contribution in [2.45, 2.75) is 38.8 Å². The lowest BCUT2D eigenvalue weighted by molar-refractivity contribution is -0.188. The monoisotopic (exact) mass is 408 g/mol. The number of rotatable bonds is 3. The summed E-state index contributed by atoms with van der Waals surface area (Å²) in [6.45, 7) is 4.33. The number of hydrogen-bond donors (Lipinski definition) is 0. The van der Waals surface area contributed by atoms with Gasteiger partial charge in [0.25, 0.3) is 0 Å². The lowest BCUT2D eigenvalue weighted by atomic mass is 9.55. The summed E-state index contributed by atoms with van der Waals surface area (Å²) in [5.74, 6) is -0.639. The van der Waals surface area contributed by atoms with Crippen LogP contribution in [0.25, 0.3) is 10.9 Å². The maximum atomic E-state index is 13.4. The molecule has 1 aromatic heterocycles. The van der Waals surface area contributed by atoms with Gasteiger partial charge in [0.2, 0.25) is 0 Å². The van der Waals surface area contributed by atoms with Crippen LogP contribution in [0.15, 0.2) is 35.9 Å². The summed E-state index contributed by atoms with van der Waals surface area (Å²) in [6.07, 6.45) is 3.69. The van der Waals surface area contributed by atoms with Crippen molar-refractivity contribution in [3.05, 3.63) is 47.2 Å². The molecule has 1 unspecified atom stereocenters. The molecule has 0 spiro atoms. The summed E-state index contributed by atoms with van der Waals surface area (Å²) >= 11 is 0.